The molecule has 2 heterocycles. The molecule has 0 bridgehead atoms. The molecule has 0 aliphatic rings. The van der Waals surface area contributed by atoms with Crippen molar-refractivity contribution in [1.29, 1.82) is 0 Å². The van der Waals surface area contributed by atoms with Gasteiger partial charge in [-0.2, -0.15) is 0 Å². The summed E-state index contributed by atoms with van der Waals surface area (Å²) in [6.07, 6.45) is 5.20. The fourth-order valence-electron chi connectivity index (χ4n) is 3.52. The fraction of sp³-hybridized carbons (Fsp3) is 0.273. The Hall–Kier alpha value is -2.72. The maximum absolute atomic E-state index is 5.93. The Bertz CT molecular complexity index is 985. The summed E-state index contributed by atoms with van der Waals surface area (Å²) in [4.78, 5) is 6.58. The number of para-hydroxylation sites is 1. The number of fused-ring (bicyclic) bond motifs is 2. The number of H-pyrrole nitrogens is 2. The third kappa shape index (κ3) is 3.46. The molecule has 26 heavy (non-hydrogen) atoms. The van der Waals surface area contributed by atoms with Crippen LogP contribution >= 0.6 is 0 Å². The zero-order chi connectivity index (χ0) is 17.8. The molecular weight excluding hydrogens is 322 g/mol. The van der Waals surface area contributed by atoms with Gasteiger partial charge in [0.2, 0.25) is 0 Å². The minimum Gasteiger partial charge on any atom is -0.492 e. The van der Waals surface area contributed by atoms with E-state index in [1.807, 2.05) is 18.3 Å². The topological polar surface area (TPSA) is 52.8 Å². The van der Waals surface area contributed by atoms with Gasteiger partial charge in [0, 0.05) is 40.7 Å². The van der Waals surface area contributed by atoms with E-state index in [9.17, 15) is 0 Å². The normalized spacial score (nSPS) is 12.7. The van der Waals surface area contributed by atoms with Crippen LogP contribution in [0.3, 0.4) is 0 Å². The van der Waals surface area contributed by atoms with E-state index >= 15 is 0 Å². The molecule has 0 aliphatic heterocycles. The Balaban J connectivity index is 1.22. The molecule has 4 heteroatoms. The molecule has 1 atom stereocenters. The van der Waals surface area contributed by atoms with Gasteiger partial charge in [0.05, 0.1) is 0 Å². The first-order chi connectivity index (χ1) is 12.8. The van der Waals surface area contributed by atoms with Crippen LogP contribution in [0.2, 0.25) is 0 Å². The van der Waals surface area contributed by atoms with Crippen molar-refractivity contribution in [2.75, 3.05) is 19.7 Å². The maximum Gasteiger partial charge on any atom is 0.128 e. The highest BCUT2D eigenvalue weighted by atomic mass is 16.5. The Kier molecular flexibility index (Phi) is 4.93. The predicted octanol–water partition coefficient (Wildman–Crippen LogP) is 4.81. The van der Waals surface area contributed by atoms with E-state index in [0.717, 1.165) is 36.2 Å². The van der Waals surface area contributed by atoms with Crippen LogP contribution in [0.5, 0.6) is 5.75 Å². The van der Waals surface area contributed by atoms with Crippen LogP contribution in [-0.4, -0.2) is 29.7 Å². The molecule has 4 nitrogen and oxygen atoms in total. The molecule has 0 spiro atoms. The Morgan fingerprint density at radius 1 is 0.923 bits per heavy atom. The number of hydrogen-bond donors (Lipinski definition) is 3. The van der Waals surface area contributed by atoms with Crippen LogP contribution in [0.25, 0.3) is 21.8 Å². The summed E-state index contributed by atoms with van der Waals surface area (Å²) in [6, 6.07) is 16.7. The quantitative estimate of drug-likeness (QED) is 0.401. The molecule has 0 fully saturated rings. The van der Waals surface area contributed by atoms with Crippen molar-refractivity contribution in [3.05, 3.63) is 66.5 Å². The van der Waals surface area contributed by atoms with Gasteiger partial charge < -0.3 is 20.0 Å². The predicted molar refractivity (Wildman–Crippen MR) is 108 cm³/mol. The average Bonchev–Trinajstić information content (AvgIpc) is 3.31. The second-order valence-electron chi connectivity index (χ2n) is 6.77. The van der Waals surface area contributed by atoms with Crippen LogP contribution in [0.15, 0.2) is 60.9 Å². The molecule has 3 N–H and O–H groups in total. The van der Waals surface area contributed by atoms with E-state index in [1.165, 1.54) is 16.5 Å². The Labute approximate surface area is 153 Å². The molecule has 0 amide bonds. The third-order valence-electron chi connectivity index (χ3n) is 5.00. The molecule has 1 unspecified atom stereocenters. The first kappa shape index (κ1) is 16.7. The molecule has 0 saturated carbocycles. The van der Waals surface area contributed by atoms with Crippen LogP contribution in [0, 0.1) is 0 Å². The van der Waals surface area contributed by atoms with Gasteiger partial charge >= 0.3 is 0 Å². The van der Waals surface area contributed by atoms with Crippen LogP contribution in [0.4, 0.5) is 0 Å². The lowest BCUT2D eigenvalue weighted by molar-refractivity contribution is 0.317. The molecule has 134 valence electrons. The van der Waals surface area contributed by atoms with Crippen molar-refractivity contribution in [2.45, 2.75) is 19.3 Å². The van der Waals surface area contributed by atoms with Gasteiger partial charge in [-0.25, -0.2) is 0 Å². The molecule has 0 radical (unpaired) electrons. The van der Waals surface area contributed by atoms with Gasteiger partial charge in [0.25, 0.3) is 0 Å². The SMILES string of the molecule is CC(CCNCCOc1cccc2[nH]ccc12)c1c[nH]c2ccccc12. The first-order valence-corrected chi connectivity index (χ1v) is 9.28. The van der Waals surface area contributed by atoms with E-state index < -0.39 is 0 Å². The number of aromatic nitrogens is 2. The van der Waals surface area contributed by atoms with Crippen LogP contribution in [0.1, 0.15) is 24.8 Å². The van der Waals surface area contributed by atoms with Crippen LogP contribution in [-0.2, 0) is 0 Å². The van der Waals surface area contributed by atoms with Crippen molar-refractivity contribution in [1.82, 2.24) is 15.3 Å². The smallest absolute Gasteiger partial charge is 0.128 e. The third-order valence-corrected chi connectivity index (χ3v) is 5.00. The number of benzene rings is 2. The lowest BCUT2D eigenvalue weighted by Crippen LogP contribution is -2.23. The summed E-state index contributed by atoms with van der Waals surface area (Å²) in [5.41, 5.74) is 3.73. The molecule has 2 aromatic heterocycles. The minimum absolute atomic E-state index is 0.521. The summed E-state index contributed by atoms with van der Waals surface area (Å²) in [7, 11) is 0. The second kappa shape index (κ2) is 7.67. The number of aromatic amines is 2. The van der Waals surface area contributed by atoms with Gasteiger partial charge in [-0.1, -0.05) is 31.2 Å². The van der Waals surface area contributed by atoms with E-state index in [4.69, 9.17) is 4.74 Å². The van der Waals surface area contributed by atoms with Crippen molar-refractivity contribution in [3.63, 3.8) is 0 Å². The lowest BCUT2D eigenvalue weighted by Gasteiger charge is -2.12. The monoisotopic (exact) mass is 347 g/mol. The van der Waals surface area contributed by atoms with Crippen LogP contribution < -0.4 is 10.1 Å². The summed E-state index contributed by atoms with van der Waals surface area (Å²) < 4.78 is 5.93. The number of nitrogens with one attached hydrogen (secondary N) is 3. The van der Waals surface area contributed by atoms with Gasteiger partial charge in [0.1, 0.15) is 12.4 Å². The Morgan fingerprint density at radius 2 is 1.77 bits per heavy atom. The van der Waals surface area contributed by atoms with Crippen molar-refractivity contribution in [3.8, 4) is 5.75 Å². The molecule has 2 aromatic carbocycles. The molecule has 0 saturated heterocycles. The van der Waals surface area contributed by atoms with E-state index in [0.29, 0.717) is 12.5 Å². The highest BCUT2D eigenvalue weighted by Gasteiger charge is 2.10. The second-order valence-corrected chi connectivity index (χ2v) is 6.77. The number of hydrogen-bond acceptors (Lipinski definition) is 2. The number of ether oxygens (including phenoxy) is 1. The van der Waals surface area contributed by atoms with Crippen molar-refractivity contribution < 1.29 is 4.74 Å². The molecule has 4 aromatic rings. The van der Waals surface area contributed by atoms with Gasteiger partial charge in [0.15, 0.2) is 0 Å². The summed E-state index contributed by atoms with van der Waals surface area (Å²) in [6.45, 7) is 4.80. The maximum atomic E-state index is 5.93. The number of rotatable bonds is 8. The minimum atomic E-state index is 0.521. The zero-order valence-electron chi connectivity index (χ0n) is 15.1. The Morgan fingerprint density at radius 3 is 2.73 bits per heavy atom. The van der Waals surface area contributed by atoms with Crippen molar-refractivity contribution in [2.24, 2.45) is 0 Å². The zero-order valence-corrected chi connectivity index (χ0v) is 15.1. The van der Waals surface area contributed by atoms with E-state index in [1.54, 1.807) is 0 Å². The van der Waals surface area contributed by atoms with Crippen molar-refractivity contribution >= 4 is 21.8 Å². The fourth-order valence-corrected chi connectivity index (χ4v) is 3.52. The average molecular weight is 347 g/mol. The standard InChI is InChI=1S/C22H25N3O/c1-16(19-15-25-20-6-3-2-5-17(19)20)9-11-23-13-14-26-22-8-4-7-21-18(22)10-12-24-21/h2-8,10,12,15-16,23-25H,9,11,13-14H2,1H3. The molecule has 0 aliphatic carbocycles. The first-order valence-electron chi connectivity index (χ1n) is 9.28. The lowest BCUT2D eigenvalue weighted by atomic mass is 9.97. The highest BCUT2D eigenvalue weighted by Crippen LogP contribution is 2.27. The molecular formula is C22H25N3O. The van der Waals surface area contributed by atoms with Gasteiger partial charge in [-0.15, -0.1) is 0 Å². The van der Waals surface area contributed by atoms with Gasteiger partial charge in [-0.3, -0.25) is 0 Å². The summed E-state index contributed by atoms with van der Waals surface area (Å²) >= 11 is 0. The highest BCUT2D eigenvalue weighted by molar-refractivity contribution is 5.85. The molecule has 4 rings (SSSR count). The largest absolute Gasteiger partial charge is 0.492 e. The summed E-state index contributed by atoms with van der Waals surface area (Å²) in [5.74, 6) is 1.46. The summed E-state index contributed by atoms with van der Waals surface area (Å²) in [5, 5.41) is 5.97. The van der Waals surface area contributed by atoms with E-state index in [-0.39, 0.29) is 0 Å². The van der Waals surface area contributed by atoms with E-state index in [2.05, 4.69) is 64.8 Å². The van der Waals surface area contributed by atoms with Gasteiger partial charge in [-0.05, 0) is 48.7 Å².